The van der Waals surface area contributed by atoms with E-state index in [9.17, 15) is 0 Å². The fourth-order valence-electron chi connectivity index (χ4n) is 2.35. The van der Waals surface area contributed by atoms with Gasteiger partial charge in [0.25, 0.3) is 0 Å². The number of anilines is 5. The van der Waals surface area contributed by atoms with E-state index in [4.69, 9.17) is 10.5 Å². The van der Waals surface area contributed by atoms with Crippen molar-refractivity contribution in [2.24, 2.45) is 0 Å². The van der Waals surface area contributed by atoms with Gasteiger partial charge in [0.05, 0.1) is 17.3 Å². The minimum absolute atomic E-state index is 0.374. The Bertz CT molecular complexity index is 1100. The predicted octanol–water partition coefficient (Wildman–Crippen LogP) is 4.32. The van der Waals surface area contributed by atoms with Gasteiger partial charge in [-0.1, -0.05) is 11.3 Å². The number of ether oxygens (including phenoxy) is 1. The van der Waals surface area contributed by atoms with Crippen LogP contribution in [0.1, 0.15) is 0 Å². The van der Waals surface area contributed by atoms with Gasteiger partial charge in [0.15, 0.2) is 16.8 Å². The molecule has 0 unspecified atom stereocenters. The van der Waals surface area contributed by atoms with Gasteiger partial charge < -0.3 is 21.1 Å². The minimum atomic E-state index is 0.374. The van der Waals surface area contributed by atoms with Crippen molar-refractivity contribution < 1.29 is 4.74 Å². The highest BCUT2D eigenvalue weighted by Crippen LogP contribution is 2.33. The molecule has 0 aliphatic heterocycles. The molecular formula is C17H14BrN7OS. The van der Waals surface area contributed by atoms with Gasteiger partial charge in [-0.25, -0.2) is 19.9 Å². The van der Waals surface area contributed by atoms with Gasteiger partial charge in [-0.3, -0.25) is 0 Å². The molecule has 3 heterocycles. The number of thiazole rings is 1. The van der Waals surface area contributed by atoms with Gasteiger partial charge in [-0.15, -0.1) is 0 Å². The first-order valence-electron chi connectivity index (χ1n) is 7.83. The number of hydrogen-bond donors (Lipinski definition) is 3. The van der Waals surface area contributed by atoms with Crippen molar-refractivity contribution in [3.05, 3.63) is 47.3 Å². The molecule has 0 spiro atoms. The second kappa shape index (κ2) is 7.33. The topological polar surface area (TPSA) is 111 Å². The van der Waals surface area contributed by atoms with Crippen molar-refractivity contribution in [3.63, 3.8) is 0 Å². The monoisotopic (exact) mass is 443 g/mol. The van der Waals surface area contributed by atoms with E-state index >= 15 is 0 Å². The summed E-state index contributed by atoms with van der Waals surface area (Å²) in [6.07, 6.45) is 3.12. The summed E-state index contributed by atoms with van der Waals surface area (Å²) < 4.78 is 7.14. The smallest absolute Gasteiger partial charge is 0.189 e. The number of nitrogens with zero attached hydrogens (tertiary/aromatic N) is 4. The van der Waals surface area contributed by atoms with Crippen LogP contribution >= 0.6 is 27.3 Å². The van der Waals surface area contributed by atoms with Crippen LogP contribution in [0, 0.1) is 0 Å². The van der Waals surface area contributed by atoms with Crippen LogP contribution < -0.4 is 21.1 Å². The van der Waals surface area contributed by atoms with Crippen molar-refractivity contribution >= 4 is 65.8 Å². The van der Waals surface area contributed by atoms with Crippen LogP contribution in [-0.4, -0.2) is 27.0 Å². The van der Waals surface area contributed by atoms with Crippen LogP contribution in [0.4, 0.5) is 28.3 Å². The SMILES string of the molecule is COc1ccc2nc(Nc3ncnc(Nc4ccc(Br)cn4)c3N)sc2c1. The van der Waals surface area contributed by atoms with Crippen LogP contribution in [0.3, 0.4) is 0 Å². The molecule has 1 aromatic carbocycles. The number of nitrogen functional groups attached to an aromatic ring is 1. The zero-order valence-electron chi connectivity index (χ0n) is 14.1. The van der Waals surface area contributed by atoms with E-state index in [0.717, 1.165) is 20.4 Å². The molecule has 10 heteroatoms. The molecule has 27 heavy (non-hydrogen) atoms. The third kappa shape index (κ3) is 3.76. The highest BCUT2D eigenvalue weighted by Gasteiger charge is 2.12. The summed E-state index contributed by atoms with van der Waals surface area (Å²) in [6.45, 7) is 0. The summed E-state index contributed by atoms with van der Waals surface area (Å²) in [7, 11) is 1.64. The number of fused-ring (bicyclic) bond motifs is 1. The van der Waals surface area contributed by atoms with Crippen LogP contribution in [-0.2, 0) is 0 Å². The molecule has 0 aliphatic rings. The molecule has 8 nitrogen and oxygen atoms in total. The quantitative estimate of drug-likeness (QED) is 0.417. The Labute approximate surface area is 167 Å². The molecule has 0 aliphatic carbocycles. The van der Waals surface area contributed by atoms with E-state index in [2.05, 4.69) is 46.5 Å². The molecule has 0 bridgehead atoms. The Morgan fingerprint density at radius 1 is 1.07 bits per heavy atom. The van der Waals surface area contributed by atoms with Crippen molar-refractivity contribution in [3.8, 4) is 5.75 Å². The maximum atomic E-state index is 6.22. The van der Waals surface area contributed by atoms with Crippen LogP contribution in [0.2, 0.25) is 0 Å². The highest BCUT2D eigenvalue weighted by molar-refractivity contribution is 9.10. The summed E-state index contributed by atoms with van der Waals surface area (Å²) >= 11 is 4.84. The van der Waals surface area contributed by atoms with E-state index < -0.39 is 0 Å². The Hall–Kier alpha value is -2.98. The normalized spacial score (nSPS) is 10.7. The van der Waals surface area contributed by atoms with Gasteiger partial charge >= 0.3 is 0 Å². The summed E-state index contributed by atoms with van der Waals surface area (Å²) in [6, 6.07) is 9.41. The maximum Gasteiger partial charge on any atom is 0.189 e. The Kier molecular flexibility index (Phi) is 4.73. The van der Waals surface area contributed by atoms with Crippen molar-refractivity contribution in [1.29, 1.82) is 0 Å². The first kappa shape index (κ1) is 17.4. The van der Waals surface area contributed by atoms with Gasteiger partial charge in [0.1, 0.15) is 23.6 Å². The van der Waals surface area contributed by atoms with E-state index in [1.54, 1.807) is 13.3 Å². The van der Waals surface area contributed by atoms with Crippen molar-refractivity contribution in [2.75, 3.05) is 23.5 Å². The number of methoxy groups -OCH3 is 1. The molecule has 0 amide bonds. The Morgan fingerprint density at radius 2 is 1.89 bits per heavy atom. The summed E-state index contributed by atoms with van der Waals surface area (Å²) in [5.41, 5.74) is 7.46. The molecule has 0 fully saturated rings. The summed E-state index contributed by atoms with van der Waals surface area (Å²) in [5, 5.41) is 6.92. The second-order valence-corrected chi connectivity index (χ2v) is 7.40. The molecule has 0 saturated heterocycles. The number of benzene rings is 1. The molecule has 0 radical (unpaired) electrons. The van der Waals surface area contributed by atoms with Gasteiger partial charge in [-0.2, -0.15) is 0 Å². The number of nitrogens with one attached hydrogen (secondary N) is 2. The van der Waals surface area contributed by atoms with E-state index in [-0.39, 0.29) is 0 Å². The lowest BCUT2D eigenvalue weighted by molar-refractivity contribution is 0.415. The zero-order valence-corrected chi connectivity index (χ0v) is 16.5. The molecule has 4 rings (SSSR count). The highest BCUT2D eigenvalue weighted by atomic mass is 79.9. The number of aromatic nitrogens is 4. The Morgan fingerprint density at radius 3 is 2.63 bits per heavy atom. The number of pyridine rings is 1. The lowest BCUT2D eigenvalue weighted by atomic mass is 10.3. The molecule has 4 aromatic rings. The average Bonchev–Trinajstić information content (AvgIpc) is 3.08. The fraction of sp³-hybridized carbons (Fsp3) is 0.0588. The minimum Gasteiger partial charge on any atom is -0.497 e. The summed E-state index contributed by atoms with van der Waals surface area (Å²) in [5.74, 6) is 2.34. The number of halogens is 1. The van der Waals surface area contributed by atoms with Gasteiger partial charge in [-0.05, 0) is 46.3 Å². The molecule has 0 saturated carbocycles. The van der Waals surface area contributed by atoms with Gasteiger partial charge in [0, 0.05) is 10.7 Å². The molecule has 136 valence electrons. The third-order valence-electron chi connectivity index (χ3n) is 3.68. The molecule has 4 N–H and O–H groups in total. The van der Waals surface area contributed by atoms with E-state index in [1.165, 1.54) is 17.7 Å². The molecule has 0 atom stereocenters. The standard InChI is InChI=1S/C17H14BrN7OS/c1-26-10-3-4-11-12(6-10)27-17(23-11)25-16-14(19)15(21-8-22-16)24-13-5-2-9(18)7-20-13/h2-8H,19H2,1H3,(H2,20,21,22,23,24,25). The first-order valence-corrected chi connectivity index (χ1v) is 9.44. The largest absolute Gasteiger partial charge is 0.497 e. The number of hydrogen-bond acceptors (Lipinski definition) is 9. The fourth-order valence-corrected chi connectivity index (χ4v) is 3.48. The Balaban J connectivity index is 1.59. The predicted molar refractivity (Wildman–Crippen MR) is 111 cm³/mol. The van der Waals surface area contributed by atoms with Crippen LogP contribution in [0.25, 0.3) is 10.2 Å². The lowest BCUT2D eigenvalue weighted by Crippen LogP contribution is -2.05. The number of nitrogens with two attached hydrogens (primary N) is 1. The van der Waals surface area contributed by atoms with Crippen molar-refractivity contribution in [2.45, 2.75) is 0 Å². The maximum absolute atomic E-state index is 6.22. The van der Waals surface area contributed by atoms with Crippen LogP contribution in [0.15, 0.2) is 47.3 Å². The number of rotatable bonds is 5. The summed E-state index contributed by atoms with van der Waals surface area (Å²) in [4.78, 5) is 17.2. The van der Waals surface area contributed by atoms with E-state index in [0.29, 0.717) is 28.3 Å². The van der Waals surface area contributed by atoms with E-state index in [1.807, 2.05) is 30.3 Å². The van der Waals surface area contributed by atoms with Crippen LogP contribution in [0.5, 0.6) is 5.75 Å². The van der Waals surface area contributed by atoms with Gasteiger partial charge in [0.2, 0.25) is 0 Å². The molecular weight excluding hydrogens is 430 g/mol. The zero-order chi connectivity index (χ0) is 18.8. The molecule has 3 aromatic heterocycles. The van der Waals surface area contributed by atoms with Crippen molar-refractivity contribution in [1.82, 2.24) is 19.9 Å². The lowest BCUT2D eigenvalue weighted by Gasteiger charge is -2.10. The first-order chi connectivity index (χ1) is 13.1. The second-order valence-electron chi connectivity index (χ2n) is 5.45. The third-order valence-corrected chi connectivity index (χ3v) is 5.08. The average molecular weight is 444 g/mol.